The van der Waals surface area contributed by atoms with Crippen molar-refractivity contribution < 1.29 is 24.0 Å². The largest absolute Gasteiger partial charge is 0.357 e. The molecule has 5 amide bonds. The van der Waals surface area contributed by atoms with Crippen molar-refractivity contribution in [3.05, 3.63) is 71.8 Å². The normalized spacial score (nSPS) is 13.7. The van der Waals surface area contributed by atoms with E-state index in [1.807, 2.05) is 74.5 Å². The first kappa shape index (κ1) is 40.9. The molecule has 0 aliphatic carbocycles. The molecule has 0 fully saturated rings. The molecule has 2 aromatic rings. The van der Waals surface area contributed by atoms with Crippen LogP contribution in [-0.4, -0.2) is 84.8 Å². The average molecular weight is 679 g/mol. The van der Waals surface area contributed by atoms with Crippen molar-refractivity contribution >= 4 is 29.5 Å². The highest BCUT2D eigenvalue weighted by molar-refractivity contribution is 5.95. The van der Waals surface area contributed by atoms with Gasteiger partial charge in [0.25, 0.3) is 0 Å². The van der Waals surface area contributed by atoms with Crippen LogP contribution in [0.2, 0.25) is 0 Å². The number of nitrogens with one attached hydrogen (secondary N) is 5. The van der Waals surface area contributed by atoms with Crippen LogP contribution in [0.3, 0.4) is 0 Å². The molecular weight excluding hydrogens is 620 g/mol. The molecule has 0 bridgehead atoms. The van der Waals surface area contributed by atoms with Gasteiger partial charge in [0.1, 0.15) is 24.2 Å². The van der Waals surface area contributed by atoms with E-state index in [4.69, 9.17) is 0 Å². The second-order valence-corrected chi connectivity index (χ2v) is 13.3. The Kier molecular flexibility index (Phi) is 18.1. The van der Waals surface area contributed by atoms with E-state index >= 15 is 0 Å². The molecule has 4 atom stereocenters. The van der Waals surface area contributed by atoms with E-state index in [9.17, 15) is 24.0 Å². The lowest BCUT2D eigenvalue weighted by atomic mass is 10.0. The maximum Gasteiger partial charge on any atom is 0.243 e. The number of rotatable bonds is 21. The smallest absolute Gasteiger partial charge is 0.243 e. The van der Waals surface area contributed by atoms with Gasteiger partial charge < -0.3 is 31.5 Å². The Labute approximate surface area is 292 Å². The fourth-order valence-corrected chi connectivity index (χ4v) is 5.58. The van der Waals surface area contributed by atoms with Gasteiger partial charge in [0, 0.05) is 32.4 Å². The topological polar surface area (TPSA) is 149 Å². The fourth-order valence-electron chi connectivity index (χ4n) is 5.58. The van der Waals surface area contributed by atoms with E-state index < -0.39 is 41.9 Å². The lowest BCUT2D eigenvalue weighted by Crippen LogP contribution is -2.58. The van der Waals surface area contributed by atoms with Crippen molar-refractivity contribution in [2.45, 2.75) is 110 Å². The van der Waals surface area contributed by atoms with Crippen LogP contribution in [0.5, 0.6) is 0 Å². The number of nitrogens with zero attached hydrogens (tertiary/aromatic N) is 1. The van der Waals surface area contributed by atoms with Crippen LogP contribution >= 0.6 is 0 Å². The van der Waals surface area contributed by atoms with Gasteiger partial charge >= 0.3 is 0 Å². The molecule has 2 rings (SSSR count). The molecular formula is C38H58N6O5. The van der Waals surface area contributed by atoms with Gasteiger partial charge in [0.05, 0.1) is 0 Å². The molecule has 0 spiro atoms. The predicted molar refractivity (Wildman–Crippen MR) is 193 cm³/mol. The van der Waals surface area contributed by atoms with Gasteiger partial charge in [0.2, 0.25) is 29.5 Å². The molecule has 0 unspecified atom stereocenters. The van der Waals surface area contributed by atoms with E-state index in [-0.39, 0.29) is 37.0 Å². The summed E-state index contributed by atoms with van der Waals surface area (Å²) in [6.45, 7) is 13.6. The maximum absolute atomic E-state index is 13.7. The van der Waals surface area contributed by atoms with Crippen molar-refractivity contribution in [3.63, 3.8) is 0 Å². The highest BCUT2D eigenvalue weighted by Crippen LogP contribution is 2.10. The van der Waals surface area contributed by atoms with Crippen LogP contribution < -0.4 is 26.6 Å². The summed E-state index contributed by atoms with van der Waals surface area (Å²) in [7, 11) is 1.53. The summed E-state index contributed by atoms with van der Waals surface area (Å²) in [5.74, 6) is -2.02. The molecule has 11 nitrogen and oxygen atoms in total. The zero-order valence-electron chi connectivity index (χ0n) is 30.4. The number of hydrogen-bond acceptors (Lipinski definition) is 6. The van der Waals surface area contributed by atoms with Gasteiger partial charge in [0.15, 0.2) is 0 Å². The summed E-state index contributed by atoms with van der Waals surface area (Å²) in [6, 6.07) is 15.3. The number of benzene rings is 2. The Bertz CT molecular complexity index is 1320. The minimum Gasteiger partial charge on any atom is -0.357 e. The standard InChI is InChI=1S/C38H58N6O5/c1-8-44(27(4)5)22-16-15-21-31(36(47)39-7)42-38(49)33(25-30-19-13-10-14-20-30)43-35(46)28(6)40-37(48)32(41-34(45)23-26(2)3)24-29-17-11-9-12-18-29/h9-14,17-20,26-28,31-33H,8,15-16,21-25H2,1-7H3,(H,39,47)(H,40,48)(H,41,45)(H,42,49)(H,43,46)/t28-,31-,32-,33-/m0/s1. The molecule has 0 radical (unpaired) electrons. The Hall–Kier alpha value is -4.25. The minimum absolute atomic E-state index is 0.108. The monoisotopic (exact) mass is 678 g/mol. The van der Waals surface area contributed by atoms with Crippen molar-refractivity contribution in [1.82, 2.24) is 31.5 Å². The first-order chi connectivity index (χ1) is 23.3. The molecule has 0 aliphatic rings. The van der Waals surface area contributed by atoms with Gasteiger partial charge in [-0.05, 0) is 70.2 Å². The molecule has 0 heterocycles. The Morgan fingerprint density at radius 2 is 1.14 bits per heavy atom. The van der Waals surface area contributed by atoms with E-state index in [1.165, 1.54) is 14.0 Å². The first-order valence-electron chi connectivity index (χ1n) is 17.6. The third-order valence-electron chi connectivity index (χ3n) is 8.40. The number of amides is 5. The van der Waals surface area contributed by atoms with E-state index in [1.54, 1.807) is 0 Å². The van der Waals surface area contributed by atoms with E-state index in [0.717, 1.165) is 37.1 Å². The van der Waals surface area contributed by atoms with Crippen molar-refractivity contribution in [2.75, 3.05) is 20.1 Å². The lowest BCUT2D eigenvalue weighted by Gasteiger charge is -2.26. The molecule has 0 saturated carbocycles. The highest BCUT2D eigenvalue weighted by Gasteiger charge is 2.30. The van der Waals surface area contributed by atoms with Crippen LogP contribution in [0.1, 0.15) is 78.4 Å². The zero-order valence-corrected chi connectivity index (χ0v) is 30.4. The Morgan fingerprint density at radius 1 is 0.633 bits per heavy atom. The number of carbonyl (C=O) groups excluding carboxylic acids is 5. The molecule has 11 heteroatoms. The molecule has 0 saturated heterocycles. The molecule has 2 aromatic carbocycles. The summed E-state index contributed by atoms with van der Waals surface area (Å²) in [6.07, 6.45) is 2.75. The van der Waals surface area contributed by atoms with Crippen LogP contribution in [0.25, 0.3) is 0 Å². The van der Waals surface area contributed by atoms with Crippen molar-refractivity contribution in [3.8, 4) is 0 Å². The second kappa shape index (κ2) is 21.7. The SMILES string of the molecule is CCN(CCCC[C@H](NC(=O)[C@H](Cc1ccccc1)NC(=O)[C@H](C)NC(=O)[C@H](Cc1ccccc1)NC(=O)CC(C)C)C(=O)NC)C(C)C. The molecule has 270 valence electrons. The molecule has 0 aromatic heterocycles. The third kappa shape index (κ3) is 15.2. The van der Waals surface area contributed by atoms with Crippen LogP contribution in [-0.2, 0) is 36.8 Å². The summed E-state index contributed by atoms with van der Waals surface area (Å²) in [5.41, 5.74) is 1.68. The van der Waals surface area contributed by atoms with Gasteiger partial charge in [-0.25, -0.2) is 0 Å². The number of unbranched alkanes of at least 4 members (excludes halogenated alkanes) is 1. The van der Waals surface area contributed by atoms with Gasteiger partial charge in [-0.1, -0.05) is 81.4 Å². The summed E-state index contributed by atoms with van der Waals surface area (Å²) < 4.78 is 0. The van der Waals surface area contributed by atoms with Gasteiger partial charge in [-0.3, -0.25) is 24.0 Å². The minimum atomic E-state index is -1.02. The lowest BCUT2D eigenvalue weighted by molar-refractivity contribution is -0.134. The third-order valence-corrected chi connectivity index (χ3v) is 8.40. The zero-order chi connectivity index (χ0) is 36.3. The van der Waals surface area contributed by atoms with Crippen LogP contribution in [0, 0.1) is 5.92 Å². The van der Waals surface area contributed by atoms with Crippen molar-refractivity contribution in [2.24, 2.45) is 5.92 Å². The highest BCUT2D eigenvalue weighted by atomic mass is 16.2. The number of likely N-dealkylation sites (N-methyl/N-ethyl adjacent to an activating group) is 1. The average Bonchev–Trinajstić information content (AvgIpc) is 3.06. The predicted octanol–water partition coefficient (Wildman–Crippen LogP) is 3.12. The fraction of sp³-hybridized carbons (Fsp3) is 0.553. The quantitative estimate of drug-likeness (QED) is 0.128. The maximum atomic E-state index is 13.7. The van der Waals surface area contributed by atoms with E-state index in [2.05, 4.69) is 52.3 Å². The number of carbonyl (C=O) groups is 5. The summed E-state index contributed by atoms with van der Waals surface area (Å²) >= 11 is 0. The second-order valence-electron chi connectivity index (χ2n) is 13.3. The van der Waals surface area contributed by atoms with Gasteiger partial charge in [-0.15, -0.1) is 0 Å². The number of hydrogen-bond donors (Lipinski definition) is 5. The van der Waals surface area contributed by atoms with Crippen LogP contribution in [0.4, 0.5) is 0 Å². The molecule has 0 aliphatic heterocycles. The Balaban J connectivity index is 2.16. The van der Waals surface area contributed by atoms with E-state index in [0.29, 0.717) is 12.5 Å². The first-order valence-corrected chi connectivity index (χ1v) is 17.6. The molecule has 49 heavy (non-hydrogen) atoms. The van der Waals surface area contributed by atoms with Gasteiger partial charge in [-0.2, -0.15) is 0 Å². The van der Waals surface area contributed by atoms with Crippen LogP contribution in [0.15, 0.2) is 60.7 Å². The summed E-state index contributed by atoms with van der Waals surface area (Å²) in [5, 5.41) is 13.9. The Morgan fingerprint density at radius 3 is 1.63 bits per heavy atom. The molecule has 5 N–H and O–H groups in total. The summed E-state index contributed by atoms with van der Waals surface area (Å²) in [4.78, 5) is 68.4. The van der Waals surface area contributed by atoms with Crippen molar-refractivity contribution in [1.29, 1.82) is 0 Å².